The van der Waals surface area contributed by atoms with Crippen LogP contribution in [0.5, 0.6) is 0 Å². The van der Waals surface area contributed by atoms with E-state index in [2.05, 4.69) is 10.4 Å². The van der Waals surface area contributed by atoms with Crippen LogP contribution in [0.3, 0.4) is 0 Å². The van der Waals surface area contributed by atoms with Gasteiger partial charge in [-0.3, -0.25) is 9.48 Å². The molecule has 0 radical (unpaired) electrons. The third-order valence-corrected chi connectivity index (χ3v) is 2.57. The van der Waals surface area contributed by atoms with Gasteiger partial charge in [-0.15, -0.1) is 0 Å². The summed E-state index contributed by atoms with van der Waals surface area (Å²) in [5.74, 6) is -2.31. The van der Waals surface area contributed by atoms with E-state index in [1.807, 2.05) is 0 Å². The van der Waals surface area contributed by atoms with Gasteiger partial charge in [0.25, 0.3) is 5.91 Å². The van der Waals surface area contributed by atoms with Crippen LogP contribution in [0.4, 0.5) is 20.2 Å². The van der Waals surface area contributed by atoms with Crippen LogP contribution in [0.15, 0.2) is 18.2 Å². The Morgan fingerprint density at radius 2 is 2.00 bits per heavy atom. The van der Waals surface area contributed by atoms with Crippen molar-refractivity contribution in [1.29, 1.82) is 0 Å². The van der Waals surface area contributed by atoms with E-state index in [4.69, 9.17) is 5.73 Å². The maximum absolute atomic E-state index is 13.5. The average molecular weight is 266 g/mol. The minimum Gasteiger partial charge on any atom is -0.396 e. The Morgan fingerprint density at radius 3 is 2.58 bits per heavy atom. The molecule has 3 N–H and O–H groups in total. The molecule has 0 spiro atoms. The first-order valence-corrected chi connectivity index (χ1v) is 5.45. The van der Waals surface area contributed by atoms with Gasteiger partial charge in [-0.1, -0.05) is 0 Å². The summed E-state index contributed by atoms with van der Waals surface area (Å²) in [6, 6.07) is 3.21. The van der Waals surface area contributed by atoms with Crippen molar-refractivity contribution >= 4 is 17.3 Å². The van der Waals surface area contributed by atoms with Gasteiger partial charge >= 0.3 is 0 Å². The number of nitrogens with two attached hydrogens (primary N) is 1. The molecule has 1 aromatic heterocycles. The second kappa shape index (κ2) is 4.68. The van der Waals surface area contributed by atoms with Crippen molar-refractivity contribution in [3.05, 3.63) is 41.2 Å². The lowest BCUT2D eigenvalue weighted by atomic mass is 10.2. The van der Waals surface area contributed by atoms with Gasteiger partial charge in [-0.2, -0.15) is 5.10 Å². The van der Waals surface area contributed by atoms with Crippen LogP contribution in [0.25, 0.3) is 0 Å². The molecule has 7 heteroatoms. The predicted molar refractivity (Wildman–Crippen MR) is 66.7 cm³/mol. The number of carbonyl (C=O) groups is 1. The smallest absolute Gasteiger partial charge is 0.274 e. The van der Waals surface area contributed by atoms with E-state index < -0.39 is 17.5 Å². The second-order valence-electron chi connectivity index (χ2n) is 4.10. The first-order valence-electron chi connectivity index (χ1n) is 5.45. The Bertz CT molecular complexity index is 651. The van der Waals surface area contributed by atoms with Gasteiger partial charge in [-0.05, 0) is 19.1 Å². The number of benzene rings is 1. The van der Waals surface area contributed by atoms with Crippen LogP contribution in [-0.2, 0) is 7.05 Å². The van der Waals surface area contributed by atoms with Crippen molar-refractivity contribution < 1.29 is 13.6 Å². The van der Waals surface area contributed by atoms with E-state index in [-0.39, 0.29) is 17.1 Å². The molecular weight excluding hydrogens is 254 g/mol. The molecule has 2 rings (SSSR count). The lowest BCUT2D eigenvalue weighted by molar-refractivity contribution is 0.101. The van der Waals surface area contributed by atoms with Gasteiger partial charge < -0.3 is 11.1 Å². The van der Waals surface area contributed by atoms with Crippen LogP contribution >= 0.6 is 0 Å². The lowest BCUT2D eigenvalue weighted by Gasteiger charge is -2.08. The highest BCUT2D eigenvalue weighted by Crippen LogP contribution is 2.21. The van der Waals surface area contributed by atoms with Crippen molar-refractivity contribution in [2.24, 2.45) is 7.05 Å². The number of anilines is 2. The quantitative estimate of drug-likeness (QED) is 0.815. The molecule has 100 valence electrons. The Kier molecular flexibility index (Phi) is 3.20. The largest absolute Gasteiger partial charge is 0.396 e. The standard InChI is InChI=1S/C12H12F2N4O/c1-6-3-11(18(2)17-6)12(19)16-10-5-9(15)7(13)4-8(10)14/h3-5H,15H2,1-2H3,(H,16,19). The van der Waals surface area contributed by atoms with Crippen molar-refractivity contribution in [3.63, 3.8) is 0 Å². The molecule has 2 aromatic rings. The summed E-state index contributed by atoms with van der Waals surface area (Å²) < 4.78 is 27.8. The van der Waals surface area contributed by atoms with Crippen molar-refractivity contribution in [2.45, 2.75) is 6.92 Å². The Morgan fingerprint density at radius 1 is 1.32 bits per heavy atom. The molecule has 0 bridgehead atoms. The number of aryl methyl sites for hydroxylation is 2. The summed E-state index contributed by atoms with van der Waals surface area (Å²) in [5, 5.41) is 6.33. The highest BCUT2D eigenvalue weighted by molar-refractivity contribution is 6.03. The lowest BCUT2D eigenvalue weighted by Crippen LogP contribution is -2.17. The third-order valence-electron chi connectivity index (χ3n) is 2.57. The monoisotopic (exact) mass is 266 g/mol. The number of amides is 1. The molecule has 0 aliphatic carbocycles. The zero-order valence-electron chi connectivity index (χ0n) is 10.4. The normalized spacial score (nSPS) is 10.5. The van der Waals surface area contributed by atoms with Gasteiger partial charge in [0.15, 0.2) is 0 Å². The summed E-state index contributed by atoms with van der Waals surface area (Å²) in [6.45, 7) is 1.73. The summed E-state index contributed by atoms with van der Waals surface area (Å²) in [7, 11) is 1.59. The number of rotatable bonds is 2. The molecule has 0 aliphatic rings. The number of hydrogen-bond acceptors (Lipinski definition) is 3. The van der Waals surface area contributed by atoms with E-state index in [1.54, 1.807) is 20.0 Å². The molecule has 0 saturated heterocycles. The zero-order chi connectivity index (χ0) is 14.2. The fourth-order valence-corrected chi connectivity index (χ4v) is 1.67. The van der Waals surface area contributed by atoms with Gasteiger partial charge in [0, 0.05) is 13.1 Å². The Balaban J connectivity index is 2.29. The van der Waals surface area contributed by atoms with Gasteiger partial charge in [0.2, 0.25) is 0 Å². The molecular formula is C12H12F2N4O. The van der Waals surface area contributed by atoms with E-state index in [9.17, 15) is 13.6 Å². The summed E-state index contributed by atoms with van der Waals surface area (Å²) >= 11 is 0. The highest BCUT2D eigenvalue weighted by atomic mass is 19.1. The number of carbonyl (C=O) groups excluding carboxylic acids is 1. The highest BCUT2D eigenvalue weighted by Gasteiger charge is 2.15. The Labute approximate surface area is 108 Å². The van der Waals surface area contributed by atoms with Crippen LogP contribution < -0.4 is 11.1 Å². The SMILES string of the molecule is Cc1cc(C(=O)Nc2cc(N)c(F)cc2F)n(C)n1. The van der Waals surface area contributed by atoms with Crippen molar-refractivity contribution in [3.8, 4) is 0 Å². The number of nitrogens with one attached hydrogen (secondary N) is 1. The maximum Gasteiger partial charge on any atom is 0.274 e. The molecule has 0 unspecified atom stereocenters. The predicted octanol–water partition coefficient (Wildman–Crippen LogP) is 1.84. The van der Waals surface area contributed by atoms with Crippen LogP contribution in [-0.4, -0.2) is 15.7 Å². The molecule has 1 aromatic carbocycles. The van der Waals surface area contributed by atoms with E-state index in [0.717, 1.165) is 6.07 Å². The average Bonchev–Trinajstić information content (AvgIpc) is 2.65. The maximum atomic E-state index is 13.5. The molecule has 0 atom stereocenters. The van der Waals surface area contributed by atoms with E-state index in [0.29, 0.717) is 11.8 Å². The summed E-state index contributed by atoms with van der Waals surface area (Å²) in [6.07, 6.45) is 0. The molecule has 0 saturated carbocycles. The number of halogens is 2. The topological polar surface area (TPSA) is 72.9 Å². The first kappa shape index (κ1) is 13.0. The molecule has 0 fully saturated rings. The van der Waals surface area contributed by atoms with Crippen LogP contribution in [0, 0.1) is 18.6 Å². The number of aromatic nitrogens is 2. The molecule has 1 heterocycles. The van der Waals surface area contributed by atoms with E-state index >= 15 is 0 Å². The number of nitrogens with zero attached hydrogens (tertiary/aromatic N) is 2. The number of nitrogen functional groups attached to an aromatic ring is 1. The van der Waals surface area contributed by atoms with Crippen molar-refractivity contribution in [1.82, 2.24) is 9.78 Å². The second-order valence-corrected chi connectivity index (χ2v) is 4.10. The van der Waals surface area contributed by atoms with E-state index in [1.165, 1.54) is 4.68 Å². The summed E-state index contributed by atoms with van der Waals surface area (Å²) in [4.78, 5) is 11.9. The first-order chi connectivity index (χ1) is 8.88. The minimum absolute atomic E-state index is 0.178. The summed E-state index contributed by atoms with van der Waals surface area (Å²) in [5.41, 5.74) is 5.83. The Hall–Kier alpha value is -2.44. The molecule has 5 nitrogen and oxygen atoms in total. The van der Waals surface area contributed by atoms with Gasteiger partial charge in [0.1, 0.15) is 17.3 Å². The van der Waals surface area contributed by atoms with Gasteiger partial charge in [-0.25, -0.2) is 8.78 Å². The molecule has 0 aliphatic heterocycles. The number of hydrogen-bond donors (Lipinski definition) is 2. The van der Waals surface area contributed by atoms with Gasteiger partial charge in [0.05, 0.1) is 17.1 Å². The fraction of sp³-hybridized carbons (Fsp3) is 0.167. The fourth-order valence-electron chi connectivity index (χ4n) is 1.67. The van der Waals surface area contributed by atoms with Crippen molar-refractivity contribution in [2.75, 3.05) is 11.1 Å². The van der Waals surface area contributed by atoms with Crippen LogP contribution in [0.1, 0.15) is 16.2 Å². The zero-order valence-corrected chi connectivity index (χ0v) is 10.4. The van der Waals surface area contributed by atoms with Crippen LogP contribution in [0.2, 0.25) is 0 Å². The molecule has 19 heavy (non-hydrogen) atoms. The third kappa shape index (κ3) is 2.54. The minimum atomic E-state index is -0.890. The molecule has 1 amide bonds.